The number of hydrogen-bond acceptors (Lipinski definition) is 1. The van der Waals surface area contributed by atoms with E-state index in [0.29, 0.717) is 16.6 Å². The third-order valence-corrected chi connectivity index (χ3v) is 8.93. The summed E-state index contributed by atoms with van der Waals surface area (Å²) in [6.07, 6.45) is 10.0. The summed E-state index contributed by atoms with van der Waals surface area (Å²) in [5.41, 5.74) is 7.32. The van der Waals surface area contributed by atoms with E-state index in [1.165, 1.54) is 50.5 Å². The van der Waals surface area contributed by atoms with Crippen molar-refractivity contribution >= 4 is 5.78 Å². The van der Waals surface area contributed by atoms with E-state index in [0.717, 1.165) is 12.3 Å². The van der Waals surface area contributed by atoms with Crippen LogP contribution < -0.4 is 0 Å². The van der Waals surface area contributed by atoms with Crippen LogP contribution in [0, 0.1) is 22.2 Å². The van der Waals surface area contributed by atoms with E-state index in [4.69, 9.17) is 0 Å². The second-order valence-electron chi connectivity index (χ2n) is 9.53. The van der Waals surface area contributed by atoms with Crippen LogP contribution in [0.15, 0.2) is 22.3 Å². The van der Waals surface area contributed by atoms with Crippen LogP contribution in [0.1, 0.15) is 86.0 Å². The summed E-state index contributed by atoms with van der Waals surface area (Å²) in [5.74, 6) is 1.14. The lowest BCUT2D eigenvalue weighted by atomic mass is 9.41. The van der Waals surface area contributed by atoms with E-state index >= 15 is 0 Å². The number of rotatable bonds is 1. The van der Waals surface area contributed by atoms with Crippen LogP contribution in [-0.2, 0) is 4.79 Å². The average Bonchev–Trinajstić information content (AvgIpc) is 2.98. The van der Waals surface area contributed by atoms with E-state index in [1.807, 2.05) is 0 Å². The number of hydrogen-bond donors (Lipinski definition) is 0. The molecule has 4 aliphatic carbocycles. The number of carbonyl (C=O) groups is 1. The molecule has 0 N–H and O–H groups in total. The first-order valence-corrected chi connectivity index (χ1v) is 9.66. The van der Waals surface area contributed by atoms with Crippen molar-refractivity contribution in [3.63, 3.8) is 0 Å². The molecule has 0 bridgehead atoms. The molecule has 4 atom stereocenters. The van der Waals surface area contributed by atoms with Crippen LogP contribution in [0.5, 0.6) is 0 Å². The van der Waals surface area contributed by atoms with E-state index in [-0.39, 0.29) is 5.41 Å². The summed E-state index contributed by atoms with van der Waals surface area (Å²) < 4.78 is 0. The summed E-state index contributed by atoms with van der Waals surface area (Å²) in [5, 5.41) is 0. The van der Waals surface area contributed by atoms with Crippen LogP contribution >= 0.6 is 0 Å². The van der Waals surface area contributed by atoms with E-state index < -0.39 is 0 Å². The third-order valence-electron chi connectivity index (χ3n) is 8.93. The van der Waals surface area contributed by atoms with Crippen LogP contribution in [0.2, 0.25) is 0 Å². The van der Waals surface area contributed by atoms with Gasteiger partial charge in [-0.2, -0.15) is 0 Å². The summed E-state index contributed by atoms with van der Waals surface area (Å²) in [4.78, 5) is 12.1. The maximum Gasteiger partial charge on any atom is 0.155 e. The molecule has 0 aromatic carbocycles. The standard InChI is InChI=1S/C22H32O/c1-14-8-11-20(3)17(14)10-13-22(5)19(20)7-6-18-16(15(2)23)9-12-21(18,22)4/h19H,6-13H2,1-5H3/t19-,20+,21-,22-/m1/s1. The molecule has 0 radical (unpaired) electrons. The fraction of sp³-hybridized carbons (Fsp3) is 0.773. The van der Waals surface area contributed by atoms with Gasteiger partial charge in [-0.15, -0.1) is 0 Å². The van der Waals surface area contributed by atoms with Crippen molar-refractivity contribution in [3.8, 4) is 0 Å². The van der Waals surface area contributed by atoms with E-state index in [9.17, 15) is 4.79 Å². The Bertz CT molecular complexity index is 651. The molecule has 0 aromatic rings. The number of allylic oxidation sites excluding steroid dienone is 4. The molecule has 4 rings (SSSR count). The Kier molecular flexibility index (Phi) is 3.14. The Hall–Kier alpha value is -0.850. The molecule has 2 saturated carbocycles. The van der Waals surface area contributed by atoms with Gasteiger partial charge in [0.1, 0.15) is 0 Å². The summed E-state index contributed by atoms with van der Waals surface area (Å²) >= 11 is 0. The van der Waals surface area contributed by atoms with Crippen molar-refractivity contribution in [1.29, 1.82) is 0 Å². The van der Waals surface area contributed by atoms with Crippen molar-refractivity contribution in [2.45, 2.75) is 86.0 Å². The molecular formula is C22H32O. The zero-order valence-electron chi connectivity index (χ0n) is 15.6. The molecule has 0 unspecified atom stereocenters. The Balaban J connectivity index is 1.83. The van der Waals surface area contributed by atoms with E-state index in [2.05, 4.69) is 27.7 Å². The molecule has 0 heterocycles. The molecule has 126 valence electrons. The molecule has 0 spiro atoms. The molecule has 1 heteroatoms. The largest absolute Gasteiger partial charge is 0.295 e. The van der Waals surface area contributed by atoms with Crippen LogP contribution in [0.3, 0.4) is 0 Å². The molecular weight excluding hydrogens is 280 g/mol. The number of carbonyl (C=O) groups excluding carboxylic acids is 1. The topological polar surface area (TPSA) is 17.1 Å². The third kappa shape index (κ3) is 1.72. The van der Waals surface area contributed by atoms with Crippen molar-refractivity contribution in [1.82, 2.24) is 0 Å². The Morgan fingerprint density at radius 1 is 0.957 bits per heavy atom. The predicted molar refractivity (Wildman–Crippen MR) is 95.2 cm³/mol. The minimum absolute atomic E-state index is 0.266. The summed E-state index contributed by atoms with van der Waals surface area (Å²) in [6, 6.07) is 0. The molecule has 0 saturated heterocycles. The van der Waals surface area contributed by atoms with Crippen molar-refractivity contribution in [2.24, 2.45) is 22.2 Å². The van der Waals surface area contributed by atoms with Gasteiger partial charge in [-0.3, -0.25) is 4.79 Å². The predicted octanol–water partition coefficient (Wildman–Crippen LogP) is 6.00. The molecule has 2 fully saturated rings. The number of ketones is 1. The van der Waals surface area contributed by atoms with Gasteiger partial charge in [-0.05, 0) is 93.0 Å². The van der Waals surface area contributed by atoms with Crippen LogP contribution in [0.25, 0.3) is 0 Å². The highest BCUT2D eigenvalue weighted by molar-refractivity contribution is 5.95. The van der Waals surface area contributed by atoms with Gasteiger partial charge in [0.15, 0.2) is 5.78 Å². The molecule has 23 heavy (non-hydrogen) atoms. The molecule has 0 aliphatic heterocycles. The molecule has 0 aromatic heterocycles. The maximum atomic E-state index is 12.1. The zero-order valence-corrected chi connectivity index (χ0v) is 15.6. The van der Waals surface area contributed by atoms with Gasteiger partial charge in [0.2, 0.25) is 0 Å². The monoisotopic (exact) mass is 312 g/mol. The molecule has 4 aliphatic rings. The molecule has 1 nitrogen and oxygen atoms in total. The minimum atomic E-state index is 0.266. The van der Waals surface area contributed by atoms with Gasteiger partial charge in [-0.1, -0.05) is 37.5 Å². The highest BCUT2D eigenvalue weighted by Crippen LogP contribution is 2.72. The fourth-order valence-electron chi connectivity index (χ4n) is 7.42. The lowest BCUT2D eigenvalue weighted by Gasteiger charge is -2.63. The van der Waals surface area contributed by atoms with Gasteiger partial charge in [0, 0.05) is 0 Å². The van der Waals surface area contributed by atoms with E-state index in [1.54, 1.807) is 23.6 Å². The Labute approximate surface area is 141 Å². The summed E-state index contributed by atoms with van der Waals surface area (Å²) in [7, 11) is 0. The lowest BCUT2D eigenvalue weighted by molar-refractivity contribution is -0.113. The van der Waals surface area contributed by atoms with Gasteiger partial charge in [0.25, 0.3) is 0 Å². The quantitative estimate of drug-likeness (QED) is 0.543. The number of fused-ring (bicyclic) bond motifs is 5. The van der Waals surface area contributed by atoms with Crippen molar-refractivity contribution in [3.05, 3.63) is 22.3 Å². The fourth-order valence-corrected chi connectivity index (χ4v) is 7.42. The minimum Gasteiger partial charge on any atom is -0.295 e. The first-order valence-electron chi connectivity index (χ1n) is 9.66. The average molecular weight is 312 g/mol. The molecule has 0 amide bonds. The van der Waals surface area contributed by atoms with Gasteiger partial charge >= 0.3 is 0 Å². The van der Waals surface area contributed by atoms with Gasteiger partial charge in [0.05, 0.1) is 0 Å². The lowest BCUT2D eigenvalue weighted by Crippen LogP contribution is -2.54. The smallest absolute Gasteiger partial charge is 0.155 e. The first-order chi connectivity index (χ1) is 10.7. The summed E-state index contributed by atoms with van der Waals surface area (Å²) in [6.45, 7) is 11.8. The Morgan fingerprint density at radius 3 is 2.39 bits per heavy atom. The maximum absolute atomic E-state index is 12.1. The highest BCUT2D eigenvalue weighted by Gasteiger charge is 2.63. The number of Topliss-reactive ketones (excluding diaryl/α,β-unsaturated/α-hetero) is 1. The van der Waals surface area contributed by atoms with Crippen molar-refractivity contribution in [2.75, 3.05) is 0 Å². The second-order valence-corrected chi connectivity index (χ2v) is 9.53. The SMILES string of the molecule is CC(=O)C1=C2CC[C@@H]3[C@@]4(C)CCC(C)=C4CC[C@@]3(C)[C@]2(C)CC1. The van der Waals surface area contributed by atoms with Gasteiger partial charge < -0.3 is 0 Å². The highest BCUT2D eigenvalue weighted by atomic mass is 16.1. The van der Waals surface area contributed by atoms with Crippen LogP contribution in [-0.4, -0.2) is 5.78 Å². The second kappa shape index (κ2) is 4.61. The normalized spacial score (nSPS) is 45.9. The first kappa shape index (κ1) is 15.7. The van der Waals surface area contributed by atoms with Gasteiger partial charge in [-0.25, -0.2) is 0 Å². The Morgan fingerprint density at radius 2 is 1.70 bits per heavy atom. The zero-order chi connectivity index (χ0) is 16.6. The van der Waals surface area contributed by atoms with Crippen molar-refractivity contribution < 1.29 is 4.79 Å². The van der Waals surface area contributed by atoms with Crippen LogP contribution in [0.4, 0.5) is 0 Å².